The molecule has 1 unspecified atom stereocenters. The fourth-order valence-electron chi connectivity index (χ4n) is 3.20. The van der Waals surface area contributed by atoms with Crippen LogP contribution in [0.15, 0.2) is 23.9 Å². The summed E-state index contributed by atoms with van der Waals surface area (Å²) in [6, 6.07) is 5.39. The number of hydrogen-bond acceptors (Lipinski definition) is 5. The summed E-state index contributed by atoms with van der Waals surface area (Å²) >= 11 is 0. The van der Waals surface area contributed by atoms with Crippen molar-refractivity contribution in [3.63, 3.8) is 0 Å². The minimum Gasteiger partial charge on any atom is -0.493 e. The summed E-state index contributed by atoms with van der Waals surface area (Å²) in [6.07, 6.45) is 4.47. The number of nitrogens with zero attached hydrogens (tertiary/aromatic N) is 1. The summed E-state index contributed by atoms with van der Waals surface area (Å²) in [7, 11) is 1.63. The van der Waals surface area contributed by atoms with Crippen LogP contribution in [0.1, 0.15) is 72.8 Å². The third kappa shape index (κ3) is 13.2. The molecule has 7 nitrogen and oxygen atoms in total. The molecule has 0 spiro atoms. The molecule has 1 aromatic carbocycles. The molecule has 1 aliphatic rings. The van der Waals surface area contributed by atoms with Gasteiger partial charge in [-0.2, -0.15) is 5.70 Å². The minimum absolute atomic E-state index is 0. The molecule has 8 heteroatoms. The van der Waals surface area contributed by atoms with E-state index >= 15 is 0 Å². The van der Waals surface area contributed by atoms with Gasteiger partial charge in [0.2, 0.25) is 12.3 Å². The number of anilines is 1. The van der Waals surface area contributed by atoms with Crippen LogP contribution in [0.5, 0.6) is 5.75 Å². The molecule has 2 amide bonds. The molecule has 1 heterocycles. The average molecular weight is 700 g/mol. The number of rotatable bonds is 7. The summed E-state index contributed by atoms with van der Waals surface area (Å²) in [6.45, 7) is 18.8. The molecular weight excluding hydrogens is 658 g/mol. The van der Waals surface area contributed by atoms with Crippen molar-refractivity contribution in [2.45, 2.75) is 79.8 Å². The first-order chi connectivity index (χ1) is 15.5. The van der Waals surface area contributed by atoms with Gasteiger partial charge in [-0.1, -0.05) is 39.3 Å². The summed E-state index contributed by atoms with van der Waals surface area (Å²) in [5, 5.41) is 2.67. The maximum atomic E-state index is 11.6. The molecule has 1 saturated heterocycles. The van der Waals surface area contributed by atoms with Gasteiger partial charge in [0, 0.05) is 44.6 Å². The summed E-state index contributed by atoms with van der Waals surface area (Å²) < 4.78 is 10.6. The van der Waals surface area contributed by atoms with Crippen LogP contribution >= 0.6 is 0 Å². The number of benzene rings is 1. The van der Waals surface area contributed by atoms with E-state index < -0.39 is 11.6 Å². The van der Waals surface area contributed by atoms with Gasteiger partial charge >= 0.3 is 5.97 Å². The van der Waals surface area contributed by atoms with Crippen LogP contribution in [0.2, 0.25) is 0 Å². The van der Waals surface area contributed by atoms with Crippen molar-refractivity contribution >= 4 is 24.0 Å². The van der Waals surface area contributed by atoms with Crippen molar-refractivity contribution in [1.82, 2.24) is 5.32 Å². The topological polar surface area (TPSA) is 84.9 Å². The Morgan fingerprint density at radius 1 is 1.29 bits per heavy atom. The van der Waals surface area contributed by atoms with Gasteiger partial charge in [0.1, 0.15) is 11.4 Å². The number of para-hydroxylation sites is 1. The van der Waals surface area contributed by atoms with Gasteiger partial charge in [-0.15, -0.1) is 0 Å². The number of esters is 1. The van der Waals surface area contributed by atoms with Crippen molar-refractivity contribution < 1.29 is 55.0 Å². The molecule has 0 saturated carbocycles. The van der Waals surface area contributed by atoms with Crippen LogP contribution in [0.4, 0.5) is 5.69 Å². The van der Waals surface area contributed by atoms with E-state index in [2.05, 4.69) is 12.2 Å². The zero-order valence-electron chi connectivity index (χ0n) is 22.0. The second kappa shape index (κ2) is 17.6. The van der Waals surface area contributed by atoms with E-state index in [0.29, 0.717) is 35.9 Å². The predicted molar refractivity (Wildman–Crippen MR) is 132 cm³/mol. The van der Waals surface area contributed by atoms with E-state index in [1.165, 1.54) is 4.90 Å². The fraction of sp³-hybridized carbons (Fsp3) is 0.577. The third-order valence-corrected chi connectivity index (χ3v) is 4.56. The van der Waals surface area contributed by atoms with Gasteiger partial charge in [0.25, 0.3) is 0 Å². The van der Waals surface area contributed by atoms with Gasteiger partial charge in [-0.05, 0) is 58.1 Å². The first-order valence-electron chi connectivity index (χ1n) is 11.5. The number of aryl methyl sites for hydroxylation is 1. The first kappa shape index (κ1) is 34.4. The van der Waals surface area contributed by atoms with Crippen LogP contribution < -0.4 is 15.0 Å². The molecular formula is C26H41N2O5U-. The Morgan fingerprint density at radius 3 is 2.41 bits per heavy atom. The monoisotopic (exact) mass is 699 g/mol. The van der Waals surface area contributed by atoms with Crippen LogP contribution in [0, 0.1) is 50.5 Å². The molecule has 1 atom stereocenters. The maximum absolute atomic E-state index is 11.6. The quantitative estimate of drug-likeness (QED) is 0.247. The molecule has 1 N–H and O–H groups in total. The van der Waals surface area contributed by atoms with Crippen molar-refractivity contribution in [3.05, 3.63) is 36.0 Å². The summed E-state index contributed by atoms with van der Waals surface area (Å²) in [5.74, 6) is 0.511. The molecule has 1 aliphatic heterocycles. The van der Waals surface area contributed by atoms with Crippen molar-refractivity contribution in [3.8, 4) is 5.75 Å². The molecule has 190 valence electrons. The standard InChI is InChI=1S/C15H21NO4.C9H14NO.C2H6.U/c1-11-7-6-8-12(14(11)16(5)10-17)19-9-13(18)20-15(2,3)4;1-3-4-8-5-6-9(11)10-7(8)2;1-2;/h6-8,10H,9H2,1-5H3;2,8H,3-6H2,1H3,(H,10,11);1-2H3;/q;-1;;. The van der Waals surface area contributed by atoms with E-state index in [4.69, 9.17) is 16.1 Å². The molecule has 2 rings (SSSR count). The number of ether oxygens (including phenoxy) is 2. The van der Waals surface area contributed by atoms with Crippen LogP contribution in [0.25, 0.3) is 0 Å². The zero-order chi connectivity index (χ0) is 25.6. The van der Waals surface area contributed by atoms with E-state index in [1.54, 1.807) is 33.9 Å². The Balaban J connectivity index is 0. The van der Waals surface area contributed by atoms with Gasteiger partial charge in [-0.3, -0.25) is 9.59 Å². The number of allylic oxidation sites excluding steroid dienone is 1. The second-order valence-corrected chi connectivity index (χ2v) is 8.54. The van der Waals surface area contributed by atoms with Crippen molar-refractivity contribution in [2.75, 3.05) is 18.6 Å². The van der Waals surface area contributed by atoms with Gasteiger partial charge in [0.15, 0.2) is 6.61 Å². The number of hydrogen-bond donors (Lipinski definition) is 1. The maximum Gasteiger partial charge on any atom is 0.344 e. The smallest absolute Gasteiger partial charge is 0.344 e. The SMILES string of the molecule is CC.Cc1cccc(OCC(=O)OC(C)(C)C)c1N(C)C=O.[CH-]=C1NC(=O)CCC1CCC.[U]. The number of amides is 2. The van der Waals surface area contributed by atoms with E-state index in [-0.39, 0.29) is 43.6 Å². The number of piperidine rings is 1. The van der Waals surface area contributed by atoms with E-state index in [0.717, 1.165) is 24.8 Å². The molecule has 0 aromatic heterocycles. The second-order valence-electron chi connectivity index (χ2n) is 8.54. The summed E-state index contributed by atoms with van der Waals surface area (Å²) in [5.41, 5.74) is 1.66. The van der Waals surface area contributed by atoms with Gasteiger partial charge in [-0.25, -0.2) is 4.79 Å². The Morgan fingerprint density at radius 2 is 1.91 bits per heavy atom. The number of carbonyl (C=O) groups excluding carboxylic acids is 3. The molecule has 1 fully saturated rings. The largest absolute Gasteiger partial charge is 0.493 e. The first-order valence-corrected chi connectivity index (χ1v) is 11.5. The van der Waals surface area contributed by atoms with Gasteiger partial charge in [0.05, 0.1) is 5.69 Å². The summed E-state index contributed by atoms with van der Waals surface area (Å²) in [4.78, 5) is 34.8. The van der Waals surface area contributed by atoms with Crippen LogP contribution in [-0.4, -0.2) is 37.5 Å². The normalized spacial score (nSPS) is 14.6. The van der Waals surface area contributed by atoms with Gasteiger partial charge < -0.3 is 26.3 Å². The minimum atomic E-state index is -0.546. The molecule has 0 radical (unpaired) electrons. The molecule has 34 heavy (non-hydrogen) atoms. The number of nitrogens with one attached hydrogen (secondary N) is 1. The van der Waals surface area contributed by atoms with Crippen molar-refractivity contribution in [1.29, 1.82) is 0 Å². The van der Waals surface area contributed by atoms with E-state index in [9.17, 15) is 14.4 Å². The Labute approximate surface area is 229 Å². The molecule has 0 aliphatic carbocycles. The molecule has 0 bridgehead atoms. The Bertz CT molecular complexity index is 790. The predicted octanol–water partition coefficient (Wildman–Crippen LogP) is 4.96. The fourth-order valence-corrected chi connectivity index (χ4v) is 3.20. The average Bonchev–Trinajstić information content (AvgIpc) is 2.74. The Hall–Kier alpha value is -1.78. The third-order valence-electron chi connectivity index (χ3n) is 4.56. The van der Waals surface area contributed by atoms with Crippen LogP contribution in [-0.2, 0) is 19.1 Å². The Kier molecular flexibility index (Phi) is 17.8. The zero-order valence-corrected chi connectivity index (χ0v) is 26.2. The van der Waals surface area contributed by atoms with Crippen LogP contribution in [0.3, 0.4) is 0 Å². The van der Waals surface area contributed by atoms with E-state index in [1.807, 2.05) is 32.9 Å². The number of carbonyl (C=O) groups is 3. The molecule has 1 aromatic rings. The van der Waals surface area contributed by atoms with Crippen molar-refractivity contribution in [2.24, 2.45) is 5.92 Å².